The molecule has 8 heteroatoms. The van der Waals surface area contributed by atoms with Gasteiger partial charge in [-0.05, 0) is 30.3 Å². The van der Waals surface area contributed by atoms with E-state index < -0.39 is 11.8 Å². The number of fused-ring (bicyclic) bond motifs is 3. The van der Waals surface area contributed by atoms with Crippen LogP contribution in [0.3, 0.4) is 0 Å². The monoisotopic (exact) mass is 384 g/mol. The molecule has 0 saturated carbocycles. The maximum absolute atomic E-state index is 14.4. The molecule has 2 aromatic carbocycles. The summed E-state index contributed by atoms with van der Waals surface area (Å²) in [4.78, 5) is 20.8. The van der Waals surface area contributed by atoms with Gasteiger partial charge in [0.2, 0.25) is 0 Å². The van der Waals surface area contributed by atoms with Gasteiger partial charge in [-0.1, -0.05) is 23.7 Å². The average molecular weight is 385 g/mol. The summed E-state index contributed by atoms with van der Waals surface area (Å²) in [6.45, 7) is 0.108. The Balaban J connectivity index is 1.99. The number of hydrogen-bond acceptors (Lipinski definition) is 5. The number of rotatable bonds is 2. The fraction of sp³-hybridized carbons (Fsp3) is 0.105. The van der Waals surface area contributed by atoms with Gasteiger partial charge >= 0.3 is 5.97 Å². The van der Waals surface area contributed by atoms with Crippen molar-refractivity contribution in [2.24, 2.45) is 4.99 Å². The van der Waals surface area contributed by atoms with E-state index in [1.54, 1.807) is 41.0 Å². The van der Waals surface area contributed by atoms with E-state index in [4.69, 9.17) is 22.1 Å². The number of aliphatic imine (C=N–C) groups is 1. The van der Waals surface area contributed by atoms with E-state index in [1.807, 2.05) is 0 Å². The van der Waals surface area contributed by atoms with Crippen LogP contribution < -0.4 is 5.73 Å². The normalized spacial score (nSPS) is 12.6. The molecule has 0 fully saturated rings. The van der Waals surface area contributed by atoms with Crippen molar-refractivity contribution in [3.8, 4) is 5.69 Å². The van der Waals surface area contributed by atoms with Crippen molar-refractivity contribution in [2.45, 2.75) is 6.54 Å². The van der Waals surface area contributed by atoms with Crippen molar-refractivity contribution in [3.05, 3.63) is 75.9 Å². The Bertz CT molecular complexity index is 1110. The number of ether oxygens (including phenoxy) is 1. The van der Waals surface area contributed by atoms with Crippen LogP contribution >= 0.6 is 11.6 Å². The van der Waals surface area contributed by atoms with Crippen LogP contribution in [0.15, 0.2) is 47.5 Å². The Morgan fingerprint density at radius 1 is 1.26 bits per heavy atom. The fourth-order valence-electron chi connectivity index (χ4n) is 3.11. The van der Waals surface area contributed by atoms with Crippen LogP contribution in [0.2, 0.25) is 5.02 Å². The van der Waals surface area contributed by atoms with Crippen LogP contribution in [0, 0.1) is 5.82 Å². The summed E-state index contributed by atoms with van der Waals surface area (Å²) in [5.41, 5.74) is 8.17. The lowest BCUT2D eigenvalue weighted by atomic mass is 10.00. The number of imidazole rings is 1. The molecule has 4 rings (SSSR count). The highest BCUT2D eigenvalue weighted by molar-refractivity contribution is 6.31. The SMILES string of the molecule is COC(=O)c1nc2n(c1N)-c1ccc(Cl)cc1C(c1ccccc1F)=NC2. The number of anilines is 1. The van der Waals surface area contributed by atoms with Crippen molar-refractivity contribution in [1.29, 1.82) is 0 Å². The van der Waals surface area contributed by atoms with E-state index in [9.17, 15) is 9.18 Å². The van der Waals surface area contributed by atoms with Crippen LogP contribution in [0.1, 0.15) is 27.4 Å². The van der Waals surface area contributed by atoms with Crippen LogP contribution in [-0.2, 0) is 11.3 Å². The number of nitrogens with zero attached hydrogens (tertiary/aromatic N) is 3. The van der Waals surface area contributed by atoms with Gasteiger partial charge in [0.25, 0.3) is 0 Å². The molecule has 0 saturated heterocycles. The van der Waals surface area contributed by atoms with Gasteiger partial charge < -0.3 is 10.5 Å². The zero-order valence-corrected chi connectivity index (χ0v) is 15.0. The molecule has 2 N–H and O–H groups in total. The molecule has 0 bridgehead atoms. The molecule has 6 nitrogen and oxygen atoms in total. The number of esters is 1. The predicted octanol–water partition coefficient (Wildman–Crippen LogP) is 3.38. The van der Waals surface area contributed by atoms with E-state index in [0.717, 1.165) is 0 Å². The van der Waals surface area contributed by atoms with E-state index in [1.165, 1.54) is 13.2 Å². The quantitative estimate of drug-likeness (QED) is 0.686. The van der Waals surface area contributed by atoms with E-state index in [-0.39, 0.29) is 18.1 Å². The second-order valence-electron chi connectivity index (χ2n) is 5.90. The highest BCUT2D eigenvalue weighted by Crippen LogP contribution is 2.31. The third-order valence-corrected chi connectivity index (χ3v) is 4.56. The molecular formula is C19H14ClFN4O2. The number of carbonyl (C=O) groups excluding carboxylic acids is 1. The minimum absolute atomic E-state index is 0.0120. The maximum atomic E-state index is 14.4. The minimum atomic E-state index is -0.637. The van der Waals surface area contributed by atoms with E-state index >= 15 is 0 Å². The van der Waals surface area contributed by atoms with Crippen molar-refractivity contribution in [1.82, 2.24) is 9.55 Å². The summed E-state index contributed by atoms with van der Waals surface area (Å²) in [6.07, 6.45) is 0. The first kappa shape index (κ1) is 17.2. The van der Waals surface area contributed by atoms with Gasteiger partial charge in [-0.25, -0.2) is 14.2 Å². The summed E-state index contributed by atoms with van der Waals surface area (Å²) < 4.78 is 20.8. The molecular weight excluding hydrogens is 371 g/mol. The van der Waals surface area contributed by atoms with E-state index in [2.05, 4.69) is 9.98 Å². The number of benzene rings is 2. The van der Waals surface area contributed by atoms with Gasteiger partial charge in [-0.3, -0.25) is 9.56 Å². The molecule has 1 aliphatic heterocycles. The number of methoxy groups -OCH3 is 1. The Labute approximate surface area is 159 Å². The highest BCUT2D eigenvalue weighted by atomic mass is 35.5. The molecule has 0 aliphatic carbocycles. The van der Waals surface area contributed by atoms with Crippen molar-refractivity contribution < 1.29 is 13.9 Å². The number of nitrogen functional groups attached to an aromatic ring is 1. The number of hydrogen-bond donors (Lipinski definition) is 1. The van der Waals surface area contributed by atoms with Gasteiger partial charge in [-0.2, -0.15) is 0 Å². The van der Waals surface area contributed by atoms with Gasteiger partial charge in [0, 0.05) is 16.1 Å². The van der Waals surface area contributed by atoms with Gasteiger partial charge in [0.05, 0.1) is 25.1 Å². The summed E-state index contributed by atoms with van der Waals surface area (Å²) >= 11 is 6.19. The van der Waals surface area contributed by atoms with Crippen molar-refractivity contribution >= 4 is 29.1 Å². The van der Waals surface area contributed by atoms with Gasteiger partial charge in [0.1, 0.15) is 17.5 Å². The third-order valence-electron chi connectivity index (χ3n) is 4.32. The highest BCUT2D eigenvalue weighted by Gasteiger charge is 2.27. The molecule has 0 unspecified atom stereocenters. The van der Waals surface area contributed by atoms with Gasteiger partial charge in [-0.15, -0.1) is 0 Å². The summed E-state index contributed by atoms with van der Waals surface area (Å²) in [6, 6.07) is 11.5. The largest absolute Gasteiger partial charge is 0.464 e. The van der Waals surface area contributed by atoms with E-state index in [0.29, 0.717) is 33.4 Å². The molecule has 1 aliphatic rings. The molecule has 136 valence electrons. The maximum Gasteiger partial charge on any atom is 0.360 e. The van der Waals surface area contributed by atoms with Crippen LogP contribution in [0.4, 0.5) is 10.2 Å². The molecule has 1 aromatic heterocycles. The molecule has 27 heavy (non-hydrogen) atoms. The summed E-state index contributed by atoms with van der Waals surface area (Å²) in [5.74, 6) is -0.458. The Morgan fingerprint density at radius 2 is 2.04 bits per heavy atom. The Morgan fingerprint density at radius 3 is 2.78 bits per heavy atom. The number of halogens is 2. The number of aromatic nitrogens is 2. The molecule has 0 atom stereocenters. The molecule has 0 amide bonds. The van der Waals surface area contributed by atoms with Crippen LogP contribution in [0.5, 0.6) is 0 Å². The standard InChI is InChI=1S/C19H14ClFN4O2/c1-27-19(26)17-18(22)25-14-7-6-10(20)8-12(14)16(23-9-15(25)24-17)11-4-2-3-5-13(11)21/h2-8H,9,22H2,1H3. The fourth-order valence-corrected chi connectivity index (χ4v) is 3.29. The molecule has 2 heterocycles. The average Bonchev–Trinajstić information content (AvgIpc) is 2.90. The Kier molecular flexibility index (Phi) is 4.16. The third kappa shape index (κ3) is 2.76. The molecule has 0 radical (unpaired) electrons. The topological polar surface area (TPSA) is 82.5 Å². The Hall–Kier alpha value is -3.19. The first-order chi connectivity index (χ1) is 13.0. The first-order valence-corrected chi connectivity index (χ1v) is 8.44. The first-order valence-electron chi connectivity index (χ1n) is 8.06. The second kappa shape index (κ2) is 6.51. The second-order valence-corrected chi connectivity index (χ2v) is 6.33. The van der Waals surface area contributed by atoms with Gasteiger partial charge in [0.15, 0.2) is 5.69 Å². The lowest BCUT2D eigenvalue weighted by Crippen LogP contribution is -2.11. The zero-order valence-electron chi connectivity index (χ0n) is 14.2. The number of carbonyl (C=O) groups is 1. The molecule has 3 aromatic rings. The molecule has 0 spiro atoms. The zero-order chi connectivity index (χ0) is 19.1. The summed E-state index contributed by atoms with van der Waals surface area (Å²) in [7, 11) is 1.26. The minimum Gasteiger partial charge on any atom is -0.464 e. The lowest BCUT2D eigenvalue weighted by molar-refractivity contribution is 0.0595. The van der Waals surface area contributed by atoms with Crippen LogP contribution in [-0.4, -0.2) is 28.3 Å². The predicted molar refractivity (Wildman–Crippen MR) is 100 cm³/mol. The number of nitrogens with two attached hydrogens (primary N) is 1. The van der Waals surface area contributed by atoms with Crippen molar-refractivity contribution in [3.63, 3.8) is 0 Å². The smallest absolute Gasteiger partial charge is 0.360 e. The van der Waals surface area contributed by atoms with Crippen LogP contribution in [0.25, 0.3) is 5.69 Å². The lowest BCUT2D eigenvalue weighted by Gasteiger charge is -2.14. The summed E-state index contributed by atoms with van der Waals surface area (Å²) in [5, 5.41) is 0.466. The van der Waals surface area contributed by atoms with Crippen molar-refractivity contribution in [2.75, 3.05) is 12.8 Å².